The quantitative estimate of drug-likeness (QED) is 0.155. The van der Waals surface area contributed by atoms with Gasteiger partial charge in [0.2, 0.25) is 0 Å². The van der Waals surface area contributed by atoms with Crippen LogP contribution in [0.4, 0.5) is 0 Å². The molecule has 0 atom stereocenters. The summed E-state index contributed by atoms with van der Waals surface area (Å²) >= 11 is 4.02. The molecule has 5 nitrogen and oxygen atoms in total. The van der Waals surface area contributed by atoms with Crippen molar-refractivity contribution >= 4 is 22.5 Å². The zero-order chi connectivity index (χ0) is 14.7. The summed E-state index contributed by atoms with van der Waals surface area (Å²) < 4.78 is 21.3. The van der Waals surface area contributed by atoms with Gasteiger partial charge >= 0.3 is 0 Å². The van der Waals surface area contributed by atoms with E-state index in [1.54, 1.807) is 6.92 Å². The summed E-state index contributed by atoms with van der Waals surface area (Å²) in [6.45, 7) is 7.26. The molecule has 0 amide bonds. The fraction of sp³-hybridized carbons (Fsp3) is 0.846. The summed E-state index contributed by atoms with van der Waals surface area (Å²) in [5.41, 5.74) is 0. The summed E-state index contributed by atoms with van der Waals surface area (Å²) in [6.07, 6.45) is 0. The first-order valence-electron chi connectivity index (χ1n) is 6.59. The fourth-order valence-electron chi connectivity index (χ4n) is 1.12. The molecule has 1 N–H and O–H groups in total. The Morgan fingerprint density at radius 1 is 0.900 bits per heavy atom. The summed E-state index contributed by atoms with van der Waals surface area (Å²) in [5.74, 6) is 6.41. The summed E-state index contributed by atoms with van der Waals surface area (Å²) in [4.78, 5) is 0. The molecule has 0 spiro atoms. The number of hydrogen-bond donors (Lipinski definition) is 2. The van der Waals surface area contributed by atoms with Gasteiger partial charge in [0.05, 0.1) is 52.1 Å². The Hall–Kier alpha value is 0.0600. The monoisotopic (exact) mass is 323 g/mol. The lowest BCUT2D eigenvalue weighted by Crippen LogP contribution is -2.20. The first kappa shape index (κ1) is 20.1. The molecule has 0 heterocycles. The van der Waals surface area contributed by atoms with E-state index >= 15 is 0 Å². The highest BCUT2D eigenvalue weighted by Crippen LogP contribution is 1.99. The maximum atomic E-state index is 5.37. The van der Waals surface area contributed by atoms with Crippen LogP contribution in [0.3, 0.4) is 0 Å². The summed E-state index contributed by atoms with van der Waals surface area (Å²) in [5, 5.41) is 3.16. The molecule has 0 aliphatic rings. The lowest BCUT2D eigenvalue weighted by Gasteiger charge is -2.07. The lowest BCUT2D eigenvalue weighted by molar-refractivity contribution is 0.00179. The normalized spacial score (nSPS) is 10.3. The minimum atomic E-state index is 0.467. The van der Waals surface area contributed by atoms with E-state index in [1.807, 2.05) is 0 Å². The Kier molecular flexibility index (Phi) is 19.1. The first-order chi connectivity index (χ1) is 9.91. The number of ether oxygens (including phenoxy) is 4. The van der Waals surface area contributed by atoms with Gasteiger partial charge in [-0.25, -0.2) is 0 Å². The molecule has 0 rings (SSSR count). The minimum Gasteiger partial charge on any atom is -0.378 e. The van der Waals surface area contributed by atoms with Crippen LogP contribution in [-0.2, 0) is 18.9 Å². The van der Waals surface area contributed by atoms with E-state index in [0.717, 1.165) is 12.4 Å². The molecule has 0 aromatic heterocycles. The van der Waals surface area contributed by atoms with Crippen LogP contribution in [0.2, 0.25) is 0 Å². The lowest BCUT2D eigenvalue weighted by atomic mass is 10.6. The summed E-state index contributed by atoms with van der Waals surface area (Å²) in [7, 11) is 1.46. The van der Waals surface area contributed by atoms with Crippen molar-refractivity contribution < 1.29 is 18.9 Å². The van der Waals surface area contributed by atoms with E-state index in [9.17, 15) is 0 Å². The van der Waals surface area contributed by atoms with Gasteiger partial charge in [0.1, 0.15) is 6.61 Å². The van der Waals surface area contributed by atoms with Crippen molar-refractivity contribution in [1.82, 2.24) is 5.32 Å². The van der Waals surface area contributed by atoms with Crippen molar-refractivity contribution in [2.24, 2.45) is 0 Å². The second-order valence-electron chi connectivity index (χ2n) is 3.59. The van der Waals surface area contributed by atoms with Crippen molar-refractivity contribution in [2.75, 3.05) is 65.3 Å². The standard InChI is InChI=1S/C13H25NO4S2/c1-2-3-5-15-7-9-17-11-12-18-10-8-16-6-4-14-13-20-19/h14,19H,4-13H2,1H3. The van der Waals surface area contributed by atoms with E-state index < -0.39 is 0 Å². The maximum Gasteiger partial charge on any atom is 0.107 e. The highest BCUT2D eigenvalue weighted by Gasteiger charge is 1.92. The van der Waals surface area contributed by atoms with Crippen LogP contribution in [0.5, 0.6) is 0 Å². The topological polar surface area (TPSA) is 49.0 Å². The van der Waals surface area contributed by atoms with E-state index in [4.69, 9.17) is 18.9 Å². The smallest absolute Gasteiger partial charge is 0.107 e. The highest BCUT2D eigenvalue weighted by molar-refractivity contribution is 8.68. The van der Waals surface area contributed by atoms with E-state index in [1.165, 1.54) is 10.8 Å². The predicted octanol–water partition coefficient (Wildman–Crippen LogP) is 1.20. The molecule has 7 heteroatoms. The van der Waals surface area contributed by atoms with Crippen molar-refractivity contribution in [3.8, 4) is 11.8 Å². The molecule has 0 aromatic rings. The number of hydrogen-bond acceptors (Lipinski definition) is 7. The van der Waals surface area contributed by atoms with Gasteiger partial charge in [-0.15, -0.1) is 17.6 Å². The van der Waals surface area contributed by atoms with Gasteiger partial charge < -0.3 is 24.3 Å². The third-order valence-corrected chi connectivity index (χ3v) is 2.78. The average Bonchev–Trinajstić information content (AvgIpc) is 2.47. The number of thiol groups is 1. The van der Waals surface area contributed by atoms with E-state index in [0.29, 0.717) is 52.9 Å². The molecule has 0 bridgehead atoms. The Bertz CT molecular complexity index is 246. The molecule has 0 radical (unpaired) electrons. The molecule has 0 unspecified atom stereocenters. The van der Waals surface area contributed by atoms with Gasteiger partial charge in [-0.2, -0.15) is 0 Å². The van der Waals surface area contributed by atoms with Crippen LogP contribution < -0.4 is 5.32 Å². The third kappa shape index (κ3) is 18.1. The van der Waals surface area contributed by atoms with E-state index in [-0.39, 0.29) is 0 Å². The Morgan fingerprint density at radius 3 is 2.00 bits per heavy atom. The zero-order valence-electron chi connectivity index (χ0n) is 12.1. The van der Waals surface area contributed by atoms with Crippen LogP contribution in [0, 0.1) is 11.8 Å². The van der Waals surface area contributed by atoms with Crippen LogP contribution in [0.15, 0.2) is 0 Å². The highest BCUT2D eigenvalue weighted by atomic mass is 33.1. The molecule has 0 aliphatic heterocycles. The number of rotatable bonds is 15. The number of nitrogens with one attached hydrogen (secondary N) is 1. The molecular weight excluding hydrogens is 298 g/mol. The molecule has 0 fully saturated rings. The summed E-state index contributed by atoms with van der Waals surface area (Å²) in [6, 6.07) is 0. The Balaban J connectivity index is 2.93. The van der Waals surface area contributed by atoms with Crippen LogP contribution in [-0.4, -0.2) is 65.3 Å². The fourth-order valence-corrected chi connectivity index (χ4v) is 1.63. The van der Waals surface area contributed by atoms with Gasteiger partial charge in [0, 0.05) is 6.54 Å². The maximum absolute atomic E-state index is 5.37. The van der Waals surface area contributed by atoms with Crippen molar-refractivity contribution in [1.29, 1.82) is 0 Å². The average molecular weight is 323 g/mol. The van der Waals surface area contributed by atoms with Gasteiger partial charge in [-0.05, 0) is 6.92 Å². The molecule has 0 saturated heterocycles. The second-order valence-corrected chi connectivity index (χ2v) is 4.91. The molecule has 0 saturated carbocycles. The van der Waals surface area contributed by atoms with Crippen LogP contribution in [0.25, 0.3) is 0 Å². The van der Waals surface area contributed by atoms with Crippen LogP contribution >= 0.6 is 22.5 Å². The molecule has 118 valence electrons. The third-order valence-electron chi connectivity index (χ3n) is 2.06. The van der Waals surface area contributed by atoms with Gasteiger partial charge in [0.15, 0.2) is 0 Å². The largest absolute Gasteiger partial charge is 0.378 e. The van der Waals surface area contributed by atoms with Gasteiger partial charge in [0.25, 0.3) is 0 Å². The first-order valence-corrected chi connectivity index (χ1v) is 8.63. The molecule has 0 aromatic carbocycles. The SMILES string of the molecule is CC#CCOCCOCCOCCOCCNCSS. The zero-order valence-corrected chi connectivity index (χ0v) is 13.8. The minimum absolute atomic E-state index is 0.467. The van der Waals surface area contributed by atoms with Gasteiger partial charge in [-0.1, -0.05) is 16.7 Å². The van der Waals surface area contributed by atoms with Crippen LogP contribution in [0.1, 0.15) is 6.92 Å². The second kappa shape index (κ2) is 19.1. The van der Waals surface area contributed by atoms with Gasteiger partial charge in [-0.3, -0.25) is 0 Å². The molecule has 0 aliphatic carbocycles. The molecular formula is C13H25NO4S2. The van der Waals surface area contributed by atoms with Crippen molar-refractivity contribution in [2.45, 2.75) is 6.92 Å². The van der Waals surface area contributed by atoms with Crippen molar-refractivity contribution in [3.63, 3.8) is 0 Å². The Morgan fingerprint density at radius 2 is 1.45 bits per heavy atom. The Labute approximate surface area is 131 Å². The van der Waals surface area contributed by atoms with Crippen molar-refractivity contribution in [3.05, 3.63) is 0 Å². The predicted molar refractivity (Wildman–Crippen MR) is 86.2 cm³/mol. The molecule has 20 heavy (non-hydrogen) atoms. The van der Waals surface area contributed by atoms with E-state index in [2.05, 4.69) is 28.8 Å².